The topological polar surface area (TPSA) is 46.9 Å². The second-order valence-electron chi connectivity index (χ2n) is 4.96. The Balaban J connectivity index is 1.75. The maximum atomic E-state index is 11.7. The summed E-state index contributed by atoms with van der Waals surface area (Å²) in [4.78, 5) is 11.7. The van der Waals surface area contributed by atoms with Gasteiger partial charge in [-0.25, -0.2) is 0 Å². The van der Waals surface area contributed by atoms with Crippen molar-refractivity contribution in [2.24, 2.45) is 13.0 Å². The molecule has 4 heteroatoms. The fraction of sp³-hybridized carbons (Fsp3) is 0.571. The van der Waals surface area contributed by atoms with Crippen molar-refractivity contribution in [3.8, 4) is 0 Å². The van der Waals surface area contributed by atoms with Gasteiger partial charge in [-0.15, -0.1) is 0 Å². The second kappa shape index (κ2) is 6.38. The van der Waals surface area contributed by atoms with E-state index in [0.717, 1.165) is 12.2 Å². The summed E-state index contributed by atoms with van der Waals surface area (Å²) in [7, 11) is 1.86. The van der Waals surface area contributed by atoms with E-state index in [0.29, 0.717) is 5.92 Å². The largest absolute Gasteiger partial charge is 0.352 e. The minimum absolute atomic E-state index is 0.0122. The molecule has 2 rings (SSSR count). The lowest BCUT2D eigenvalue weighted by molar-refractivity contribution is -0.116. The minimum Gasteiger partial charge on any atom is -0.352 e. The number of nitrogens with one attached hydrogen (secondary N) is 1. The molecule has 1 aromatic rings. The van der Waals surface area contributed by atoms with Gasteiger partial charge in [0.2, 0.25) is 5.91 Å². The van der Waals surface area contributed by atoms with Crippen LogP contribution < -0.4 is 5.32 Å². The molecule has 0 spiro atoms. The summed E-state index contributed by atoms with van der Waals surface area (Å²) in [6.45, 7) is 0.814. The predicted molar refractivity (Wildman–Crippen MR) is 71.8 cm³/mol. The first-order valence-corrected chi connectivity index (χ1v) is 6.69. The van der Waals surface area contributed by atoms with Crippen LogP contribution in [0.25, 0.3) is 6.08 Å². The van der Waals surface area contributed by atoms with Gasteiger partial charge in [-0.2, -0.15) is 5.10 Å². The normalized spacial score (nSPS) is 17.2. The average Bonchev–Trinajstić information content (AvgIpc) is 2.81. The van der Waals surface area contributed by atoms with Crippen molar-refractivity contribution in [3.63, 3.8) is 0 Å². The number of carbonyl (C=O) groups excluding carboxylic acids is 1. The molecule has 0 radical (unpaired) electrons. The van der Waals surface area contributed by atoms with Gasteiger partial charge in [0.15, 0.2) is 0 Å². The van der Waals surface area contributed by atoms with Gasteiger partial charge in [-0.3, -0.25) is 9.48 Å². The fourth-order valence-corrected chi connectivity index (χ4v) is 2.40. The SMILES string of the molecule is Cn1nccc1/C=C/C(=O)NCC1CCCCC1. The standard InChI is InChI=1S/C14H21N3O/c1-17-13(9-10-16-17)7-8-14(18)15-11-12-5-3-2-4-6-12/h7-10,12H,2-6,11H2,1H3,(H,15,18)/b8-7+. The van der Waals surface area contributed by atoms with Crippen LogP contribution in [-0.4, -0.2) is 22.2 Å². The molecule has 1 aliphatic carbocycles. The van der Waals surface area contributed by atoms with Gasteiger partial charge >= 0.3 is 0 Å². The van der Waals surface area contributed by atoms with Crippen LogP contribution in [0.1, 0.15) is 37.8 Å². The van der Waals surface area contributed by atoms with E-state index < -0.39 is 0 Å². The summed E-state index contributed by atoms with van der Waals surface area (Å²) in [5.41, 5.74) is 0.933. The Morgan fingerprint density at radius 2 is 2.28 bits per heavy atom. The van der Waals surface area contributed by atoms with E-state index in [-0.39, 0.29) is 5.91 Å². The van der Waals surface area contributed by atoms with Gasteiger partial charge in [0, 0.05) is 25.9 Å². The maximum absolute atomic E-state index is 11.7. The molecule has 18 heavy (non-hydrogen) atoms. The molecule has 1 aromatic heterocycles. The molecule has 0 aliphatic heterocycles. The number of aromatic nitrogens is 2. The lowest BCUT2D eigenvalue weighted by atomic mass is 9.89. The molecule has 0 atom stereocenters. The van der Waals surface area contributed by atoms with Gasteiger partial charge in [0.1, 0.15) is 0 Å². The number of hydrogen-bond donors (Lipinski definition) is 1. The zero-order valence-corrected chi connectivity index (χ0v) is 10.9. The summed E-state index contributed by atoms with van der Waals surface area (Å²) < 4.78 is 1.74. The minimum atomic E-state index is -0.0122. The van der Waals surface area contributed by atoms with Gasteiger partial charge in [0.05, 0.1) is 5.69 Å². The first-order valence-electron chi connectivity index (χ1n) is 6.69. The third-order valence-electron chi connectivity index (χ3n) is 3.55. The molecule has 0 bridgehead atoms. The fourth-order valence-electron chi connectivity index (χ4n) is 2.40. The molecule has 4 nitrogen and oxygen atoms in total. The van der Waals surface area contributed by atoms with E-state index in [9.17, 15) is 4.79 Å². The molecule has 1 amide bonds. The molecule has 1 saturated carbocycles. The highest BCUT2D eigenvalue weighted by atomic mass is 16.1. The smallest absolute Gasteiger partial charge is 0.244 e. The van der Waals surface area contributed by atoms with Gasteiger partial charge in [-0.1, -0.05) is 19.3 Å². The Bertz CT molecular complexity index is 416. The van der Waals surface area contributed by atoms with Gasteiger partial charge in [-0.05, 0) is 30.9 Å². The molecule has 98 valence electrons. The van der Waals surface area contributed by atoms with Crippen molar-refractivity contribution in [2.75, 3.05) is 6.54 Å². The quantitative estimate of drug-likeness (QED) is 0.828. The summed E-state index contributed by atoms with van der Waals surface area (Å²) in [6, 6.07) is 1.88. The van der Waals surface area contributed by atoms with Crippen molar-refractivity contribution < 1.29 is 4.79 Å². The Hall–Kier alpha value is -1.58. The van der Waals surface area contributed by atoms with Crippen LogP contribution in [0.3, 0.4) is 0 Å². The number of nitrogens with zero attached hydrogens (tertiary/aromatic N) is 2. The van der Waals surface area contributed by atoms with Crippen molar-refractivity contribution in [1.82, 2.24) is 15.1 Å². The van der Waals surface area contributed by atoms with E-state index in [2.05, 4.69) is 10.4 Å². The lowest BCUT2D eigenvalue weighted by Gasteiger charge is -2.21. The molecule has 0 unspecified atom stereocenters. The highest BCUT2D eigenvalue weighted by molar-refractivity contribution is 5.91. The van der Waals surface area contributed by atoms with Crippen LogP contribution in [0.4, 0.5) is 0 Å². The van der Waals surface area contributed by atoms with Crippen molar-refractivity contribution in [3.05, 3.63) is 24.0 Å². The zero-order chi connectivity index (χ0) is 12.8. The number of rotatable bonds is 4. The van der Waals surface area contributed by atoms with E-state index in [1.54, 1.807) is 23.0 Å². The molecular weight excluding hydrogens is 226 g/mol. The van der Waals surface area contributed by atoms with Crippen molar-refractivity contribution >= 4 is 12.0 Å². The molecule has 1 fully saturated rings. The van der Waals surface area contributed by atoms with E-state index in [1.165, 1.54) is 32.1 Å². The monoisotopic (exact) mass is 247 g/mol. The van der Waals surface area contributed by atoms with Crippen LogP contribution in [0.5, 0.6) is 0 Å². The van der Waals surface area contributed by atoms with Crippen LogP contribution in [0, 0.1) is 5.92 Å². The van der Waals surface area contributed by atoms with Gasteiger partial charge < -0.3 is 5.32 Å². The number of hydrogen-bond acceptors (Lipinski definition) is 2. The molecule has 1 heterocycles. The Morgan fingerprint density at radius 3 is 2.94 bits per heavy atom. The van der Waals surface area contributed by atoms with Crippen LogP contribution >= 0.6 is 0 Å². The second-order valence-corrected chi connectivity index (χ2v) is 4.96. The van der Waals surface area contributed by atoms with E-state index in [1.807, 2.05) is 13.1 Å². The Labute approximate surface area is 108 Å². The molecule has 0 saturated heterocycles. The van der Waals surface area contributed by atoms with E-state index >= 15 is 0 Å². The maximum Gasteiger partial charge on any atom is 0.244 e. The zero-order valence-electron chi connectivity index (χ0n) is 10.9. The van der Waals surface area contributed by atoms with Crippen molar-refractivity contribution in [1.29, 1.82) is 0 Å². The summed E-state index contributed by atoms with van der Waals surface area (Å²) >= 11 is 0. The molecule has 1 N–H and O–H groups in total. The Kier molecular flexibility index (Phi) is 4.56. The molecule has 0 aromatic carbocycles. The number of aryl methyl sites for hydroxylation is 1. The first kappa shape index (κ1) is 12.9. The average molecular weight is 247 g/mol. The van der Waals surface area contributed by atoms with Crippen LogP contribution in [0.2, 0.25) is 0 Å². The lowest BCUT2D eigenvalue weighted by Crippen LogP contribution is -2.28. The summed E-state index contributed by atoms with van der Waals surface area (Å²) in [5.74, 6) is 0.662. The predicted octanol–water partition coefficient (Wildman–Crippen LogP) is 2.13. The number of carbonyl (C=O) groups is 1. The Morgan fingerprint density at radius 1 is 1.50 bits per heavy atom. The van der Waals surface area contributed by atoms with Crippen molar-refractivity contribution in [2.45, 2.75) is 32.1 Å². The third-order valence-corrected chi connectivity index (χ3v) is 3.55. The highest BCUT2D eigenvalue weighted by Gasteiger charge is 2.13. The summed E-state index contributed by atoms with van der Waals surface area (Å²) in [5, 5.41) is 7.03. The number of amides is 1. The van der Waals surface area contributed by atoms with Crippen LogP contribution in [0.15, 0.2) is 18.3 Å². The molecular formula is C14H21N3O. The van der Waals surface area contributed by atoms with Crippen LogP contribution in [-0.2, 0) is 11.8 Å². The first-order chi connectivity index (χ1) is 8.75. The molecule has 1 aliphatic rings. The highest BCUT2D eigenvalue weighted by Crippen LogP contribution is 2.22. The van der Waals surface area contributed by atoms with E-state index in [4.69, 9.17) is 0 Å². The third kappa shape index (κ3) is 3.72. The summed E-state index contributed by atoms with van der Waals surface area (Å²) in [6.07, 6.45) is 11.6. The van der Waals surface area contributed by atoms with Gasteiger partial charge in [0.25, 0.3) is 0 Å².